The third-order valence-electron chi connectivity index (χ3n) is 2.83. The molecule has 0 aliphatic carbocycles. The highest BCUT2D eigenvalue weighted by Crippen LogP contribution is 2.22. The highest BCUT2D eigenvalue weighted by atomic mass is 19.1. The second-order valence-electron chi connectivity index (χ2n) is 4.01. The molecule has 0 aromatic heterocycles. The second kappa shape index (κ2) is 4.61. The van der Waals surface area contributed by atoms with Gasteiger partial charge in [0.15, 0.2) is 0 Å². The summed E-state index contributed by atoms with van der Waals surface area (Å²) in [4.78, 5) is 0. The van der Waals surface area contributed by atoms with E-state index in [0.717, 1.165) is 12.5 Å². The van der Waals surface area contributed by atoms with Crippen molar-refractivity contribution < 1.29 is 8.78 Å². The molecule has 1 heterocycles. The number of nitrogens with zero attached hydrogens (tertiary/aromatic N) is 2. The quantitative estimate of drug-likeness (QED) is 0.843. The first-order valence-electron chi connectivity index (χ1n) is 5.47. The topological polar surface area (TPSA) is 50.7 Å². The molecule has 1 aromatic rings. The Morgan fingerprint density at radius 3 is 2.76 bits per heavy atom. The van der Waals surface area contributed by atoms with E-state index < -0.39 is 11.6 Å². The van der Waals surface area contributed by atoms with Gasteiger partial charge in [0.2, 0.25) is 0 Å². The molecule has 0 radical (unpaired) electrons. The van der Waals surface area contributed by atoms with E-state index in [0.29, 0.717) is 23.5 Å². The van der Waals surface area contributed by atoms with Crippen molar-refractivity contribution in [1.82, 2.24) is 0 Å². The molecular weight excluding hydrogens is 224 g/mol. The van der Waals surface area contributed by atoms with Gasteiger partial charge in [-0.05, 0) is 18.6 Å². The molecule has 1 aliphatic rings. The molecule has 0 saturated heterocycles. The van der Waals surface area contributed by atoms with Crippen LogP contribution in [-0.2, 0) is 0 Å². The Morgan fingerprint density at radius 2 is 2.12 bits per heavy atom. The molecule has 1 atom stereocenters. The maximum absolute atomic E-state index is 13.6. The third-order valence-corrected chi connectivity index (χ3v) is 2.83. The summed E-state index contributed by atoms with van der Waals surface area (Å²) in [6, 6.07) is 3.46. The zero-order chi connectivity index (χ0) is 12.4. The normalized spacial score (nSPS) is 19.8. The van der Waals surface area contributed by atoms with Gasteiger partial charge in [-0.3, -0.25) is 0 Å². The van der Waals surface area contributed by atoms with Gasteiger partial charge in [-0.1, -0.05) is 6.92 Å². The molecule has 17 heavy (non-hydrogen) atoms. The summed E-state index contributed by atoms with van der Waals surface area (Å²) in [5.74, 6) is -0.729. The molecule has 0 bridgehead atoms. The molecule has 1 aliphatic heterocycles. The number of rotatable bonds is 2. The Balaban J connectivity index is 2.44. The van der Waals surface area contributed by atoms with Gasteiger partial charge in [0.1, 0.15) is 17.5 Å². The highest BCUT2D eigenvalue weighted by Gasteiger charge is 2.23. The first-order valence-corrected chi connectivity index (χ1v) is 5.47. The summed E-state index contributed by atoms with van der Waals surface area (Å²) in [7, 11) is 0. The number of amidine groups is 1. The van der Waals surface area contributed by atoms with Gasteiger partial charge in [0, 0.05) is 24.0 Å². The van der Waals surface area contributed by atoms with Crippen LogP contribution in [0, 0.1) is 17.6 Å². The van der Waals surface area contributed by atoms with Crippen LogP contribution in [0.3, 0.4) is 0 Å². The van der Waals surface area contributed by atoms with Crippen molar-refractivity contribution in [1.29, 1.82) is 0 Å². The lowest BCUT2D eigenvalue weighted by Crippen LogP contribution is -2.27. The molecule has 2 rings (SSSR count). The number of halogens is 2. The number of hydrogen-bond acceptors (Lipinski definition) is 3. The van der Waals surface area contributed by atoms with Crippen molar-refractivity contribution in [2.75, 3.05) is 0 Å². The summed E-state index contributed by atoms with van der Waals surface area (Å²) in [5, 5.41) is 7.71. The second-order valence-corrected chi connectivity index (χ2v) is 4.01. The van der Waals surface area contributed by atoms with Crippen molar-refractivity contribution in [3.8, 4) is 0 Å². The lowest BCUT2D eigenvalue weighted by Gasteiger charge is -2.20. The van der Waals surface area contributed by atoms with Crippen molar-refractivity contribution in [2.45, 2.75) is 19.8 Å². The maximum atomic E-state index is 13.6. The molecule has 2 N–H and O–H groups in total. The summed E-state index contributed by atoms with van der Waals surface area (Å²) in [6.45, 7) is 1.97. The van der Waals surface area contributed by atoms with E-state index in [1.165, 1.54) is 12.1 Å². The molecule has 3 nitrogen and oxygen atoms in total. The van der Waals surface area contributed by atoms with E-state index in [9.17, 15) is 8.78 Å². The molecule has 0 spiro atoms. The van der Waals surface area contributed by atoms with Crippen LogP contribution in [0.1, 0.15) is 25.3 Å². The average Bonchev–Trinajstić information content (AvgIpc) is 2.30. The Kier molecular flexibility index (Phi) is 3.17. The molecule has 1 unspecified atom stereocenters. The SMILES string of the molecule is CCC1CC(N)=NN=C1c1ccc(F)cc1F. The minimum absolute atomic E-state index is 0.0347. The van der Waals surface area contributed by atoms with Crippen LogP contribution < -0.4 is 5.73 Å². The van der Waals surface area contributed by atoms with Crippen molar-refractivity contribution in [3.05, 3.63) is 35.4 Å². The smallest absolute Gasteiger partial charge is 0.135 e. The van der Waals surface area contributed by atoms with Gasteiger partial charge in [-0.2, -0.15) is 5.10 Å². The van der Waals surface area contributed by atoms with Gasteiger partial charge in [0.05, 0.1) is 5.71 Å². The van der Waals surface area contributed by atoms with E-state index in [1.54, 1.807) is 0 Å². The predicted molar refractivity (Wildman–Crippen MR) is 62.9 cm³/mol. The van der Waals surface area contributed by atoms with Crippen LogP contribution >= 0.6 is 0 Å². The fraction of sp³-hybridized carbons (Fsp3) is 0.333. The average molecular weight is 237 g/mol. The van der Waals surface area contributed by atoms with E-state index in [1.807, 2.05) is 6.92 Å². The molecule has 0 saturated carbocycles. The standard InChI is InChI=1S/C12H13F2N3/c1-2-7-5-11(15)16-17-12(7)9-4-3-8(13)6-10(9)14/h3-4,6-7H,2,5H2,1H3,(H2,15,16). The number of benzene rings is 1. The van der Waals surface area contributed by atoms with Gasteiger partial charge >= 0.3 is 0 Å². The molecule has 0 amide bonds. The zero-order valence-corrected chi connectivity index (χ0v) is 9.45. The Morgan fingerprint density at radius 1 is 1.35 bits per heavy atom. The lowest BCUT2D eigenvalue weighted by atomic mass is 9.90. The summed E-state index contributed by atoms with van der Waals surface area (Å²) < 4.78 is 26.5. The molecule has 0 fully saturated rings. The Bertz CT molecular complexity index is 495. The van der Waals surface area contributed by atoms with E-state index in [-0.39, 0.29) is 5.92 Å². The minimum atomic E-state index is -0.613. The third kappa shape index (κ3) is 2.33. The van der Waals surface area contributed by atoms with Gasteiger partial charge in [0.25, 0.3) is 0 Å². The zero-order valence-electron chi connectivity index (χ0n) is 9.45. The summed E-state index contributed by atoms with van der Waals surface area (Å²) in [6.07, 6.45) is 1.35. The van der Waals surface area contributed by atoms with Gasteiger partial charge in [-0.15, -0.1) is 5.10 Å². The van der Waals surface area contributed by atoms with Crippen LogP contribution in [0.4, 0.5) is 8.78 Å². The molecule has 90 valence electrons. The molecule has 1 aromatic carbocycles. The Labute approximate surface area is 98.0 Å². The first kappa shape index (κ1) is 11.7. The van der Waals surface area contributed by atoms with Gasteiger partial charge in [-0.25, -0.2) is 8.78 Å². The largest absolute Gasteiger partial charge is 0.386 e. The first-order chi connectivity index (χ1) is 8.11. The fourth-order valence-corrected chi connectivity index (χ4v) is 1.90. The van der Waals surface area contributed by atoms with Crippen LogP contribution in [0.15, 0.2) is 28.4 Å². The minimum Gasteiger partial charge on any atom is -0.386 e. The number of nitrogens with two attached hydrogens (primary N) is 1. The van der Waals surface area contributed by atoms with Gasteiger partial charge < -0.3 is 5.73 Å². The van der Waals surface area contributed by atoms with Crippen LogP contribution in [0.2, 0.25) is 0 Å². The summed E-state index contributed by atoms with van der Waals surface area (Å²) >= 11 is 0. The van der Waals surface area contributed by atoms with Crippen LogP contribution in [-0.4, -0.2) is 11.5 Å². The van der Waals surface area contributed by atoms with Crippen LogP contribution in [0.5, 0.6) is 0 Å². The Hall–Kier alpha value is -1.78. The van der Waals surface area contributed by atoms with E-state index in [4.69, 9.17) is 5.73 Å². The number of hydrogen-bond donors (Lipinski definition) is 1. The van der Waals surface area contributed by atoms with Crippen LogP contribution in [0.25, 0.3) is 0 Å². The molecular formula is C12H13F2N3. The fourth-order valence-electron chi connectivity index (χ4n) is 1.90. The summed E-state index contributed by atoms with van der Waals surface area (Å²) in [5.41, 5.74) is 6.43. The highest BCUT2D eigenvalue weighted by molar-refractivity contribution is 6.05. The van der Waals surface area contributed by atoms with Crippen molar-refractivity contribution in [3.63, 3.8) is 0 Å². The maximum Gasteiger partial charge on any atom is 0.135 e. The van der Waals surface area contributed by atoms with E-state index in [2.05, 4.69) is 10.2 Å². The van der Waals surface area contributed by atoms with Crippen molar-refractivity contribution in [2.24, 2.45) is 21.9 Å². The van der Waals surface area contributed by atoms with Crippen molar-refractivity contribution >= 4 is 11.5 Å². The monoisotopic (exact) mass is 237 g/mol. The lowest BCUT2D eigenvalue weighted by molar-refractivity contribution is 0.578. The van der Waals surface area contributed by atoms with E-state index >= 15 is 0 Å². The predicted octanol–water partition coefficient (Wildman–Crippen LogP) is 2.46. The molecule has 5 heteroatoms.